The third-order valence-corrected chi connectivity index (χ3v) is 5.93. The lowest BCUT2D eigenvalue weighted by Gasteiger charge is -2.22. The molecule has 3 N–H and O–H groups in total. The maximum Gasteiger partial charge on any atom is 0.318 e. The van der Waals surface area contributed by atoms with Crippen LogP contribution >= 0.6 is 0 Å². The zero-order chi connectivity index (χ0) is 30.4. The molecule has 0 spiro atoms. The molecule has 224 valence electrons. The molecule has 40 heavy (non-hydrogen) atoms. The number of nitrogens with two attached hydrogens (primary N) is 1. The molecule has 0 radical (unpaired) electrons. The summed E-state index contributed by atoms with van der Waals surface area (Å²) in [5.74, 6) is 0.0680. The molecule has 0 aliphatic heterocycles. The minimum Gasteiger partial charge on any atom is -0.467 e. The minimum absolute atomic E-state index is 0.0519. The molecule has 0 saturated heterocycles. The van der Waals surface area contributed by atoms with Crippen LogP contribution in [0.1, 0.15) is 79.0 Å². The fourth-order valence-electron chi connectivity index (χ4n) is 3.98. The molecule has 0 unspecified atom stereocenters. The lowest BCUT2D eigenvalue weighted by molar-refractivity contribution is 0.381. The summed E-state index contributed by atoms with van der Waals surface area (Å²) >= 11 is 0. The number of halogens is 2. The highest BCUT2D eigenvalue weighted by molar-refractivity contribution is 5.94. The number of anilines is 2. The van der Waals surface area contributed by atoms with E-state index in [2.05, 4.69) is 48.0 Å². The monoisotopic (exact) mass is 560 g/mol. The highest BCUT2D eigenvalue weighted by Crippen LogP contribution is 2.35. The van der Waals surface area contributed by atoms with Gasteiger partial charge in [0.1, 0.15) is 22.8 Å². The van der Waals surface area contributed by atoms with Crippen LogP contribution in [0.3, 0.4) is 0 Å². The first-order valence-corrected chi connectivity index (χ1v) is 14.5. The molecule has 7 nitrogen and oxygen atoms in total. The first-order valence-electron chi connectivity index (χ1n) is 14.5. The van der Waals surface area contributed by atoms with E-state index in [9.17, 15) is 4.39 Å². The van der Waals surface area contributed by atoms with Gasteiger partial charge in [-0.15, -0.1) is 0 Å². The molecular formula is C31H50F2N6O. The van der Waals surface area contributed by atoms with Crippen molar-refractivity contribution >= 4 is 22.4 Å². The number of fused-ring (bicyclic) bond motifs is 1. The summed E-state index contributed by atoms with van der Waals surface area (Å²) in [5.41, 5.74) is 7.39. The molecule has 0 aliphatic carbocycles. The largest absolute Gasteiger partial charge is 0.467 e. The lowest BCUT2D eigenvalue weighted by Crippen LogP contribution is -2.31. The van der Waals surface area contributed by atoms with Gasteiger partial charge in [0, 0.05) is 25.7 Å². The smallest absolute Gasteiger partial charge is 0.318 e. The van der Waals surface area contributed by atoms with Crippen molar-refractivity contribution in [2.24, 2.45) is 5.92 Å². The highest BCUT2D eigenvalue weighted by atomic mass is 19.1. The number of nitrogens with zero attached hydrogens (tertiary/aromatic N) is 4. The summed E-state index contributed by atoms with van der Waals surface area (Å²) in [6.07, 6.45) is 3.74. The molecule has 0 bridgehead atoms. The number of nitrogens with one attached hydrogen (secondary N) is 1. The van der Waals surface area contributed by atoms with Crippen LogP contribution in [0.25, 0.3) is 22.2 Å². The van der Waals surface area contributed by atoms with Gasteiger partial charge in [0.25, 0.3) is 0 Å². The van der Waals surface area contributed by atoms with E-state index in [1.54, 1.807) is 13.0 Å². The number of likely N-dealkylation sites (N-methyl/N-ethyl adjacent to an activating group) is 1. The Morgan fingerprint density at radius 2 is 1.68 bits per heavy atom. The van der Waals surface area contributed by atoms with Gasteiger partial charge < -0.3 is 20.7 Å². The van der Waals surface area contributed by atoms with E-state index in [4.69, 9.17) is 10.5 Å². The van der Waals surface area contributed by atoms with Gasteiger partial charge in [-0.25, -0.2) is 13.8 Å². The Morgan fingerprint density at radius 3 is 2.23 bits per heavy atom. The number of rotatable bonds is 11. The average Bonchev–Trinajstić information content (AvgIpc) is 2.93. The van der Waals surface area contributed by atoms with Crippen molar-refractivity contribution < 1.29 is 13.5 Å². The summed E-state index contributed by atoms with van der Waals surface area (Å²) in [7, 11) is 3.37. The lowest BCUT2D eigenvalue weighted by atomic mass is 10.0. The summed E-state index contributed by atoms with van der Waals surface area (Å²) in [4.78, 5) is 15.6. The SMILES string of the molecule is CC.CCC.CCCc1nc(-c2cc(C)c(F)c(N)c2)c(F)c2nc(OC)nc(N(C)CCNCCC(C)C)c12. The van der Waals surface area contributed by atoms with Crippen LogP contribution in [0.2, 0.25) is 0 Å². The standard InChI is InChI=1S/C26H36F2N6O.C3H8.C2H6/c1-7-8-19-20-24(22(28)23(31-19)17-13-16(4)21(27)18(29)14-17)32-26(35-6)33-25(20)34(5)12-11-30-10-9-15(2)3;1-3-2;1-2/h13-15,30H,7-12,29H2,1-6H3;3H2,1-2H3;1-2H3. The number of aromatic nitrogens is 3. The Labute approximate surface area is 240 Å². The quantitative estimate of drug-likeness (QED) is 0.187. The van der Waals surface area contributed by atoms with Gasteiger partial charge in [-0.2, -0.15) is 9.97 Å². The number of aryl methyl sites for hydroxylation is 2. The van der Waals surface area contributed by atoms with Crippen molar-refractivity contribution in [3.05, 3.63) is 35.0 Å². The molecule has 2 aromatic heterocycles. The molecule has 2 heterocycles. The first-order chi connectivity index (χ1) is 19.1. The normalized spacial score (nSPS) is 10.6. The van der Waals surface area contributed by atoms with Crippen molar-refractivity contribution in [2.45, 2.75) is 81.1 Å². The van der Waals surface area contributed by atoms with E-state index >= 15 is 4.39 Å². The number of hydrogen-bond acceptors (Lipinski definition) is 7. The van der Waals surface area contributed by atoms with Crippen LogP contribution < -0.4 is 20.7 Å². The van der Waals surface area contributed by atoms with E-state index in [-0.39, 0.29) is 22.9 Å². The molecule has 0 saturated carbocycles. The second kappa shape index (κ2) is 17.6. The Balaban J connectivity index is 0.00000150. The maximum absolute atomic E-state index is 16.0. The van der Waals surface area contributed by atoms with E-state index in [1.165, 1.54) is 19.6 Å². The van der Waals surface area contributed by atoms with Gasteiger partial charge in [0.05, 0.1) is 23.9 Å². The average molecular weight is 561 g/mol. The highest BCUT2D eigenvalue weighted by Gasteiger charge is 2.24. The first kappa shape index (κ1) is 35.0. The summed E-state index contributed by atoms with van der Waals surface area (Å²) in [6, 6.07) is 3.02. The van der Waals surface area contributed by atoms with Gasteiger partial charge in [0.2, 0.25) is 0 Å². The molecular weight excluding hydrogens is 510 g/mol. The summed E-state index contributed by atoms with van der Waals surface area (Å²) in [6.45, 7) is 18.6. The van der Waals surface area contributed by atoms with Crippen molar-refractivity contribution in [1.29, 1.82) is 0 Å². The molecule has 3 aromatic rings. The second-order valence-corrected chi connectivity index (χ2v) is 9.99. The van der Waals surface area contributed by atoms with Crippen LogP contribution in [-0.2, 0) is 6.42 Å². The minimum atomic E-state index is -0.615. The molecule has 0 aliphatic rings. The number of methoxy groups -OCH3 is 1. The van der Waals surface area contributed by atoms with Gasteiger partial charge in [-0.3, -0.25) is 0 Å². The van der Waals surface area contributed by atoms with Crippen LogP contribution in [0.4, 0.5) is 20.3 Å². The maximum atomic E-state index is 16.0. The number of ether oxygens (including phenoxy) is 1. The van der Waals surface area contributed by atoms with Gasteiger partial charge in [-0.05, 0) is 49.9 Å². The van der Waals surface area contributed by atoms with E-state index in [1.807, 2.05) is 32.7 Å². The predicted octanol–water partition coefficient (Wildman–Crippen LogP) is 7.34. The van der Waals surface area contributed by atoms with Crippen LogP contribution in [0.15, 0.2) is 12.1 Å². The van der Waals surface area contributed by atoms with Crippen molar-refractivity contribution in [3.8, 4) is 17.3 Å². The molecule has 0 fully saturated rings. The topological polar surface area (TPSA) is 89.2 Å². The van der Waals surface area contributed by atoms with E-state index in [0.717, 1.165) is 25.9 Å². The predicted molar refractivity (Wildman–Crippen MR) is 165 cm³/mol. The molecule has 1 aromatic carbocycles. The fraction of sp³-hybridized carbons (Fsp3) is 0.581. The number of nitrogen functional groups attached to an aromatic ring is 1. The van der Waals surface area contributed by atoms with E-state index < -0.39 is 11.6 Å². The molecule has 0 atom stereocenters. The Morgan fingerprint density at radius 1 is 1.02 bits per heavy atom. The molecule has 0 amide bonds. The Bertz CT molecular complexity index is 1180. The molecule has 3 rings (SSSR count). The van der Waals surface area contributed by atoms with Crippen molar-refractivity contribution in [2.75, 3.05) is 44.4 Å². The Kier molecular flexibility index (Phi) is 15.4. The van der Waals surface area contributed by atoms with Gasteiger partial charge in [-0.1, -0.05) is 61.3 Å². The summed E-state index contributed by atoms with van der Waals surface area (Å²) in [5, 5.41) is 4.00. The zero-order valence-electron chi connectivity index (χ0n) is 26.2. The Hall–Kier alpha value is -3.07. The van der Waals surface area contributed by atoms with Gasteiger partial charge in [0.15, 0.2) is 5.82 Å². The number of benzene rings is 1. The van der Waals surface area contributed by atoms with Crippen LogP contribution in [-0.4, -0.2) is 48.7 Å². The van der Waals surface area contributed by atoms with Crippen LogP contribution in [0.5, 0.6) is 6.01 Å². The van der Waals surface area contributed by atoms with E-state index in [0.29, 0.717) is 46.9 Å². The second-order valence-electron chi connectivity index (χ2n) is 9.99. The van der Waals surface area contributed by atoms with Crippen molar-refractivity contribution in [1.82, 2.24) is 20.3 Å². The third kappa shape index (κ3) is 9.25. The molecule has 9 heteroatoms. The summed E-state index contributed by atoms with van der Waals surface area (Å²) < 4.78 is 35.4. The van der Waals surface area contributed by atoms with Crippen LogP contribution in [0, 0.1) is 24.5 Å². The van der Waals surface area contributed by atoms with Gasteiger partial charge >= 0.3 is 6.01 Å². The van der Waals surface area contributed by atoms with Crippen molar-refractivity contribution in [3.63, 3.8) is 0 Å². The third-order valence-electron chi connectivity index (χ3n) is 5.93. The zero-order valence-corrected chi connectivity index (χ0v) is 26.2. The number of hydrogen-bond donors (Lipinski definition) is 2. The number of pyridine rings is 1. The fourth-order valence-corrected chi connectivity index (χ4v) is 3.98.